The molecule has 1 aromatic carbocycles. The Morgan fingerprint density at radius 1 is 1.20 bits per heavy atom. The summed E-state index contributed by atoms with van der Waals surface area (Å²) < 4.78 is 0. The van der Waals surface area contributed by atoms with Gasteiger partial charge in [0.25, 0.3) is 0 Å². The molecule has 0 bridgehead atoms. The first-order valence-electron chi connectivity index (χ1n) is 5.39. The molecule has 1 rings (SSSR count). The van der Waals surface area contributed by atoms with Crippen molar-refractivity contribution < 1.29 is 0 Å². The molecule has 3 N–H and O–H groups in total. The minimum Gasteiger partial charge on any atom is -0.271 e. The Balaban J connectivity index is 3.18. The van der Waals surface area contributed by atoms with Gasteiger partial charge in [0.1, 0.15) is 0 Å². The number of nitrogens with two attached hydrogens (primary N) is 1. The van der Waals surface area contributed by atoms with Crippen molar-refractivity contribution in [3.63, 3.8) is 0 Å². The van der Waals surface area contributed by atoms with Gasteiger partial charge in [-0.2, -0.15) is 0 Å². The molecule has 84 valence electrons. The third-order valence-corrected chi connectivity index (χ3v) is 2.78. The lowest BCUT2D eigenvalue weighted by Crippen LogP contribution is -2.37. The van der Waals surface area contributed by atoms with Crippen LogP contribution < -0.4 is 11.3 Å². The summed E-state index contributed by atoms with van der Waals surface area (Å²) >= 11 is 0. The van der Waals surface area contributed by atoms with Crippen molar-refractivity contribution in [2.45, 2.75) is 40.7 Å². The van der Waals surface area contributed by atoms with Crippen LogP contribution >= 0.6 is 0 Å². The molecule has 15 heavy (non-hydrogen) atoms. The Hall–Kier alpha value is -0.860. The summed E-state index contributed by atoms with van der Waals surface area (Å²) in [5.41, 5.74) is 6.91. The van der Waals surface area contributed by atoms with Crippen molar-refractivity contribution in [1.29, 1.82) is 0 Å². The molecule has 1 unspecified atom stereocenters. The van der Waals surface area contributed by atoms with Crippen LogP contribution in [0.5, 0.6) is 0 Å². The molecule has 0 saturated heterocycles. The second kappa shape index (κ2) is 4.33. The van der Waals surface area contributed by atoms with Crippen molar-refractivity contribution in [1.82, 2.24) is 5.43 Å². The van der Waals surface area contributed by atoms with E-state index in [4.69, 9.17) is 5.84 Å². The van der Waals surface area contributed by atoms with E-state index in [1.807, 2.05) is 0 Å². The average Bonchev–Trinajstić information content (AvgIpc) is 2.10. The van der Waals surface area contributed by atoms with Crippen LogP contribution in [0.25, 0.3) is 0 Å². The number of aryl methyl sites for hydroxylation is 2. The van der Waals surface area contributed by atoms with Crippen LogP contribution in [0.1, 0.15) is 43.5 Å². The Labute approximate surface area is 92.8 Å². The smallest absolute Gasteiger partial charge is 0.0510 e. The largest absolute Gasteiger partial charge is 0.271 e. The van der Waals surface area contributed by atoms with Crippen molar-refractivity contribution >= 4 is 0 Å². The Kier molecular flexibility index (Phi) is 3.53. The molecule has 0 amide bonds. The standard InChI is InChI=1S/C13H22N2/c1-9-6-7-10(2)11(8-9)12(15-14)13(3,4)5/h6-8,12,15H,14H2,1-5H3. The second-order valence-corrected chi connectivity index (χ2v) is 5.33. The highest BCUT2D eigenvalue weighted by Crippen LogP contribution is 2.33. The van der Waals surface area contributed by atoms with E-state index in [2.05, 4.69) is 58.2 Å². The van der Waals surface area contributed by atoms with E-state index in [0.29, 0.717) is 0 Å². The highest BCUT2D eigenvalue weighted by atomic mass is 15.2. The summed E-state index contributed by atoms with van der Waals surface area (Å²) in [7, 11) is 0. The fraction of sp³-hybridized carbons (Fsp3) is 0.538. The number of benzene rings is 1. The minimum atomic E-state index is 0.118. The van der Waals surface area contributed by atoms with Crippen molar-refractivity contribution in [3.8, 4) is 0 Å². The maximum Gasteiger partial charge on any atom is 0.0510 e. The monoisotopic (exact) mass is 206 g/mol. The minimum absolute atomic E-state index is 0.118. The van der Waals surface area contributed by atoms with Gasteiger partial charge in [0.15, 0.2) is 0 Å². The van der Waals surface area contributed by atoms with Gasteiger partial charge in [-0.1, -0.05) is 44.5 Å². The van der Waals surface area contributed by atoms with E-state index in [9.17, 15) is 0 Å². The maximum absolute atomic E-state index is 5.66. The molecule has 0 saturated carbocycles. The van der Waals surface area contributed by atoms with Gasteiger partial charge in [-0.3, -0.25) is 11.3 Å². The van der Waals surface area contributed by atoms with Crippen LogP contribution in [0.4, 0.5) is 0 Å². The van der Waals surface area contributed by atoms with Crippen molar-refractivity contribution in [2.24, 2.45) is 11.3 Å². The predicted octanol–water partition coefficient (Wildman–Crippen LogP) is 2.85. The maximum atomic E-state index is 5.66. The van der Waals surface area contributed by atoms with Crippen LogP contribution in [0.2, 0.25) is 0 Å². The van der Waals surface area contributed by atoms with E-state index in [0.717, 1.165) is 0 Å². The van der Waals surface area contributed by atoms with Crippen LogP contribution in [0, 0.1) is 19.3 Å². The van der Waals surface area contributed by atoms with Crippen LogP contribution in [-0.2, 0) is 0 Å². The Morgan fingerprint density at radius 3 is 2.27 bits per heavy atom. The van der Waals surface area contributed by atoms with Crippen molar-refractivity contribution in [2.75, 3.05) is 0 Å². The lowest BCUT2D eigenvalue weighted by atomic mass is 9.81. The molecule has 0 aliphatic carbocycles. The molecule has 2 nitrogen and oxygen atoms in total. The number of rotatable bonds is 2. The summed E-state index contributed by atoms with van der Waals surface area (Å²) in [5, 5.41) is 0. The third kappa shape index (κ3) is 2.80. The molecule has 0 heterocycles. The van der Waals surface area contributed by atoms with Gasteiger partial charge in [-0.05, 0) is 30.4 Å². The Bertz CT molecular complexity index is 337. The number of hydrazine groups is 1. The zero-order valence-electron chi connectivity index (χ0n) is 10.4. The lowest BCUT2D eigenvalue weighted by molar-refractivity contribution is 0.274. The fourth-order valence-corrected chi connectivity index (χ4v) is 1.88. The van der Waals surface area contributed by atoms with Gasteiger partial charge in [0.2, 0.25) is 0 Å². The number of nitrogens with one attached hydrogen (secondary N) is 1. The summed E-state index contributed by atoms with van der Waals surface area (Å²) in [6, 6.07) is 6.69. The van der Waals surface area contributed by atoms with Gasteiger partial charge in [-0.25, -0.2) is 0 Å². The molecule has 0 fully saturated rings. The van der Waals surface area contributed by atoms with Gasteiger partial charge >= 0.3 is 0 Å². The molecule has 0 radical (unpaired) electrons. The molecule has 0 aliphatic heterocycles. The zero-order valence-corrected chi connectivity index (χ0v) is 10.4. The van der Waals surface area contributed by atoms with Crippen LogP contribution in [0.15, 0.2) is 18.2 Å². The fourth-order valence-electron chi connectivity index (χ4n) is 1.88. The SMILES string of the molecule is Cc1ccc(C)c(C(NN)C(C)(C)C)c1. The first-order valence-corrected chi connectivity index (χ1v) is 5.39. The Morgan fingerprint density at radius 2 is 1.80 bits per heavy atom. The normalized spacial score (nSPS) is 14.0. The number of hydrogen-bond donors (Lipinski definition) is 2. The highest BCUT2D eigenvalue weighted by Gasteiger charge is 2.26. The van der Waals surface area contributed by atoms with E-state index >= 15 is 0 Å². The molecule has 0 aliphatic rings. The number of hydrogen-bond acceptors (Lipinski definition) is 2. The third-order valence-electron chi connectivity index (χ3n) is 2.78. The lowest BCUT2D eigenvalue weighted by Gasteiger charge is -2.31. The van der Waals surface area contributed by atoms with Crippen LogP contribution in [0.3, 0.4) is 0 Å². The zero-order chi connectivity index (χ0) is 11.6. The first-order chi connectivity index (χ1) is 6.86. The van der Waals surface area contributed by atoms with Crippen molar-refractivity contribution in [3.05, 3.63) is 34.9 Å². The molecular formula is C13H22N2. The first kappa shape index (κ1) is 12.2. The summed E-state index contributed by atoms with van der Waals surface area (Å²) in [6.45, 7) is 10.8. The van der Waals surface area contributed by atoms with E-state index < -0.39 is 0 Å². The van der Waals surface area contributed by atoms with Gasteiger partial charge in [0, 0.05) is 0 Å². The van der Waals surface area contributed by atoms with Gasteiger partial charge in [0.05, 0.1) is 6.04 Å². The second-order valence-electron chi connectivity index (χ2n) is 5.33. The molecular weight excluding hydrogens is 184 g/mol. The summed E-state index contributed by atoms with van der Waals surface area (Å²) in [4.78, 5) is 0. The molecule has 1 atom stereocenters. The topological polar surface area (TPSA) is 38.0 Å². The average molecular weight is 206 g/mol. The molecule has 0 aromatic heterocycles. The van der Waals surface area contributed by atoms with Gasteiger partial charge < -0.3 is 0 Å². The summed E-state index contributed by atoms with van der Waals surface area (Å²) in [5.74, 6) is 5.66. The highest BCUT2D eigenvalue weighted by molar-refractivity contribution is 5.33. The van der Waals surface area contributed by atoms with E-state index in [1.165, 1.54) is 16.7 Å². The van der Waals surface area contributed by atoms with Gasteiger partial charge in [-0.15, -0.1) is 0 Å². The van der Waals surface area contributed by atoms with E-state index in [-0.39, 0.29) is 11.5 Å². The van der Waals surface area contributed by atoms with E-state index in [1.54, 1.807) is 0 Å². The quantitative estimate of drug-likeness (QED) is 0.577. The molecule has 0 spiro atoms. The molecule has 2 heteroatoms. The molecule has 1 aromatic rings. The van der Waals surface area contributed by atoms with Crippen LogP contribution in [-0.4, -0.2) is 0 Å². The summed E-state index contributed by atoms with van der Waals surface area (Å²) in [6.07, 6.45) is 0. The predicted molar refractivity (Wildman–Crippen MR) is 65.4 cm³/mol.